The zero-order valence-corrected chi connectivity index (χ0v) is 25.0. The first kappa shape index (κ1) is 32.0. The molecular weight excluding hydrogens is 571 g/mol. The number of nitrogens with zero attached hydrogens (tertiary/aromatic N) is 1. The van der Waals surface area contributed by atoms with Crippen LogP contribution in [0.3, 0.4) is 0 Å². The van der Waals surface area contributed by atoms with Crippen LogP contribution in [0.5, 0.6) is 5.75 Å². The Hall–Kier alpha value is -3.51. The van der Waals surface area contributed by atoms with Crippen molar-refractivity contribution in [1.82, 2.24) is 0 Å². The molecule has 41 heavy (non-hydrogen) atoms. The molecule has 3 aromatic rings. The molecule has 0 aromatic heterocycles. The fourth-order valence-corrected chi connectivity index (χ4v) is 4.96. The second kappa shape index (κ2) is 14.4. The van der Waals surface area contributed by atoms with Crippen molar-refractivity contribution < 1.29 is 37.0 Å². The molecule has 0 aliphatic carbocycles. The van der Waals surface area contributed by atoms with Gasteiger partial charge in [0.05, 0.1) is 19.2 Å². The van der Waals surface area contributed by atoms with Gasteiger partial charge in [-0.25, -0.2) is 4.79 Å². The molecule has 1 N–H and O–H groups in total. The maximum Gasteiger partial charge on any atom is 0.550 e. The molecule has 0 heterocycles. The summed E-state index contributed by atoms with van der Waals surface area (Å²) in [6.07, 6.45) is 1.83. The lowest BCUT2D eigenvalue weighted by Gasteiger charge is -2.23. The Morgan fingerprint density at radius 1 is 0.902 bits per heavy atom. The first-order valence-electron chi connectivity index (χ1n) is 12.7. The van der Waals surface area contributed by atoms with Crippen LogP contribution in [0.25, 0.3) is 24.3 Å². The first-order valence-corrected chi connectivity index (χ1v) is 17.1. The molecule has 218 valence electrons. The van der Waals surface area contributed by atoms with Crippen LogP contribution in [0.4, 0.5) is 23.7 Å². The fraction of sp³-hybridized carbons (Fsp3) is 0.233. The number of rotatable bonds is 12. The van der Waals surface area contributed by atoms with Gasteiger partial charge in [-0.2, -0.15) is 4.33 Å². The standard InChI is InChI=1S/C30H32F3NO5SSi/c1-37-28-21-24(6-5-22-11-17-27(18-12-22)40-39-38-30(31,32)33)8-14-25(28)13-7-23-9-15-26(16-10-23)34(29(35)36)19-20-41(2,3)4/h5-18,21H,19-20H2,1-4H3,(H,35,36)/b6-5+,13-7+. The molecular formula is C30H32F3NO5SSi. The molecule has 11 heteroatoms. The summed E-state index contributed by atoms with van der Waals surface area (Å²) in [6.45, 7) is 7.15. The maximum atomic E-state index is 12.0. The third-order valence-electron chi connectivity index (χ3n) is 5.84. The molecule has 0 atom stereocenters. The van der Waals surface area contributed by atoms with E-state index in [2.05, 4.69) is 28.9 Å². The van der Waals surface area contributed by atoms with E-state index in [1.165, 1.54) is 4.90 Å². The molecule has 0 unspecified atom stereocenters. The average molecular weight is 604 g/mol. The number of carboxylic acid groups (broad SMARTS) is 1. The molecule has 0 spiro atoms. The minimum Gasteiger partial charge on any atom is -0.496 e. The van der Waals surface area contributed by atoms with Crippen molar-refractivity contribution in [2.24, 2.45) is 0 Å². The van der Waals surface area contributed by atoms with E-state index in [4.69, 9.17) is 4.74 Å². The minimum absolute atomic E-state index is 0.458. The van der Waals surface area contributed by atoms with Gasteiger partial charge >= 0.3 is 12.5 Å². The van der Waals surface area contributed by atoms with Crippen LogP contribution >= 0.6 is 12.0 Å². The highest BCUT2D eigenvalue weighted by Gasteiger charge is 2.31. The number of amides is 1. The Kier molecular flexibility index (Phi) is 11.2. The van der Waals surface area contributed by atoms with Crippen molar-refractivity contribution in [3.8, 4) is 5.75 Å². The number of alkyl halides is 3. The lowest BCUT2D eigenvalue weighted by molar-refractivity contribution is -0.440. The van der Waals surface area contributed by atoms with Gasteiger partial charge in [-0.1, -0.05) is 80.3 Å². The highest BCUT2D eigenvalue weighted by molar-refractivity contribution is 7.94. The molecule has 0 saturated carbocycles. The Balaban J connectivity index is 1.63. The van der Waals surface area contributed by atoms with Crippen LogP contribution < -0.4 is 9.64 Å². The number of benzene rings is 3. The van der Waals surface area contributed by atoms with E-state index in [1.807, 2.05) is 66.8 Å². The maximum absolute atomic E-state index is 12.0. The Morgan fingerprint density at radius 3 is 2.02 bits per heavy atom. The van der Waals surface area contributed by atoms with Crippen molar-refractivity contribution in [3.05, 3.63) is 89.0 Å². The second-order valence-corrected chi connectivity index (χ2v) is 16.6. The van der Waals surface area contributed by atoms with Crippen molar-refractivity contribution in [1.29, 1.82) is 0 Å². The Labute approximate surface area is 243 Å². The summed E-state index contributed by atoms with van der Waals surface area (Å²) in [5.74, 6) is 0.678. The monoisotopic (exact) mass is 603 g/mol. The number of ether oxygens (including phenoxy) is 1. The van der Waals surface area contributed by atoms with Crippen molar-refractivity contribution >= 4 is 56.2 Å². The average Bonchev–Trinajstić information content (AvgIpc) is 2.91. The SMILES string of the molecule is COc1cc(/C=C/c2ccc(SOOC(F)(F)F)cc2)ccc1/C=C/c1ccc(N(CC[Si](C)(C)C)C(=O)O)cc1. The molecule has 0 bridgehead atoms. The topological polar surface area (TPSA) is 68.2 Å². The van der Waals surface area contributed by atoms with Gasteiger partial charge in [0.2, 0.25) is 0 Å². The van der Waals surface area contributed by atoms with Gasteiger partial charge in [0.25, 0.3) is 0 Å². The molecule has 3 aromatic carbocycles. The summed E-state index contributed by atoms with van der Waals surface area (Å²) in [7, 11) is 0.217. The largest absolute Gasteiger partial charge is 0.550 e. The highest BCUT2D eigenvalue weighted by Crippen LogP contribution is 2.27. The fourth-order valence-electron chi connectivity index (χ4n) is 3.62. The van der Waals surface area contributed by atoms with Gasteiger partial charge in [-0.05, 0) is 53.1 Å². The molecule has 3 rings (SSSR count). The summed E-state index contributed by atoms with van der Waals surface area (Å²) in [5.41, 5.74) is 4.19. The van der Waals surface area contributed by atoms with E-state index in [0.29, 0.717) is 34.9 Å². The van der Waals surface area contributed by atoms with Crippen LogP contribution in [0.2, 0.25) is 25.7 Å². The van der Waals surface area contributed by atoms with Gasteiger partial charge in [0, 0.05) is 30.8 Å². The van der Waals surface area contributed by atoms with Crippen molar-refractivity contribution in [2.45, 2.75) is 36.9 Å². The van der Waals surface area contributed by atoms with E-state index >= 15 is 0 Å². The smallest absolute Gasteiger partial charge is 0.496 e. The molecule has 0 aliphatic rings. The highest BCUT2D eigenvalue weighted by atomic mass is 32.2. The van der Waals surface area contributed by atoms with E-state index in [0.717, 1.165) is 28.3 Å². The van der Waals surface area contributed by atoms with Crippen LogP contribution in [0, 0.1) is 0 Å². The Morgan fingerprint density at radius 2 is 1.46 bits per heavy atom. The number of halogens is 3. The van der Waals surface area contributed by atoms with Crippen LogP contribution in [0.15, 0.2) is 71.6 Å². The second-order valence-electron chi connectivity index (χ2n) is 10.3. The minimum atomic E-state index is -4.85. The summed E-state index contributed by atoms with van der Waals surface area (Å²) < 4.78 is 45.7. The zero-order valence-electron chi connectivity index (χ0n) is 23.1. The lowest BCUT2D eigenvalue weighted by Crippen LogP contribution is -2.34. The number of hydrogen-bond acceptors (Lipinski definition) is 5. The number of anilines is 1. The number of hydrogen-bond donors (Lipinski definition) is 1. The van der Waals surface area contributed by atoms with E-state index < -0.39 is 20.5 Å². The molecule has 6 nitrogen and oxygen atoms in total. The van der Waals surface area contributed by atoms with Crippen LogP contribution in [-0.2, 0) is 9.22 Å². The van der Waals surface area contributed by atoms with Gasteiger partial charge < -0.3 is 9.84 Å². The third kappa shape index (κ3) is 11.1. The van der Waals surface area contributed by atoms with E-state index in [-0.39, 0.29) is 0 Å². The molecule has 0 saturated heterocycles. The third-order valence-corrected chi connectivity index (χ3v) is 8.17. The van der Waals surface area contributed by atoms with Crippen molar-refractivity contribution in [3.63, 3.8) is 0 Å². The number of methoxy groups -OCH3 is 1. The molecule has 0 radical (unpaired) electrons. The van der Waals surface area contributed by atoms with Crippen LogP contribution in [0.1, 0.15) is 22.3 Å². The number of carbonyl (C=O) groups is 1. The molecule has 1 amide bonds. The first-order chi connectivity index (χ1) is 19.3. The summed E-state index contributed by atoms with van der Waals surface area (Å²) in [6, 6.07) is 20.8. The molecule has 0 aliphatic heterocycles. The summed E-state index contributed by atoms with van der Waals surface area (Å²) in [4.78, 5) is 16.9. The normalized spacial score (nSPS) is 12.3. The van der Waals surface area contributed by atoms with Gasteiger partial charge in [0.1, 0.15) is 5.75 Å². The van der Waals surface area contributed by atoms with E-state index in [9.17, 15) is 23.1 Å². The van der Waals surface area contributed by atoms with Crippen LogP contribution in [-0.4, -0.2) is 39.3 Å². The zero-order chi connectivity index (χ0) is 30.0. The molecule has 0 fully saturated rings. The van der Waals surface area contributed by atoms with E-state index in [1.54, 1.807) is 31.4 Å². The Bertz CT molecular complexity index is 1350. The van der Waals surface area contributed by atoms with Gasteiger partial charge in [-0.15, -0.1) is 18.1 Å². The van der Waals surface area contributed by atoms with Crippen molar-refractivity contribution in [2.75, 3.05) is 18.6 Å². The summed E-state index contributed by atoms with van der Waals surface area (Å²) in [5, 5.41) is 9.66. The predicted molar refractivity (Wildman–Crippen MR) is 161 cm³/mol. The quantitative estimate of drug-likeness (QED) is 0.0732. The predicted octanol–water partition coefficient (Wildman–Crippen LogP) is 9.33. The van der Waals surface area contributed by atoms with Gasteiger partial charge in [-0.3, -0.25) is 4.90 Å². The van der Waals surface area contributed by atoms with Gasteiger partial charge in [0.15, 0.2) is 0 Å². The lowest BCUT2D eigenvalue weighted by atomic mass is 10.1. The summed E-state index contributed by atoms with van der Waals surface area (Å²) >= 11 is 0.472.